The van der Waals surface area contributed by atoms with Crippen molar-refractivity contribution in [1.82, 2.24) is 0 Å². The number of hydrogen-bond donors (Lipinski definition) is 1. The van der Waals surface area contributed by atoms with Crippen molar-refractivity contribution < 1.29 is 9.47 Å². The average Bonchev–Trinajstić information content (AvgIpc) is 2.48. The van der Waals surface area contributed by atoms with Gasteiger partial charge in [0.15, 0.2) is 0 Å². The van der Waals surface area contributed by atoms with Gasteiger partial charge in [0.05, 0.1) is 14.2 Å². The van der Waals surface area contributed by atoms with Crippen molar-refractivity contribution >= 4 is 0 Å². The predicted octanol–water partition coefficient (Wildman–Crippen LogP) is 2.82. The van der Waals surface area contributed by atoms with Crippen LogP contribution in [0.25, 0.3) is 0 Å². The lowest BCUT2D eigenvalue weighted by molar-refractivity contribution is 0.407. The molecule has 3 heteroatoms. The summed E-state index contributed by atoms with van der Waals surface area (Å²) in [5.74, 6) is 1.76. The van der Waals surface area contributed by atoms with Gasteiger partial charge in [-0.1, -0.05) is 30.3 Å². The van der Waals surface area contributed by atoms with Crippen LogP contribution in [-0.2, 0) is 12.8 Å². The van der Waals surface area contributed by atoms with Crippen molar-refractivity contribution in [2.75, 3.05) is 14.2 Å². The first-order valence-corrected chi connectivity index (χ1v) is 6.73. The summed E-state index contributed by atoms with van der Waals surface area (Å²) in [6.07, 6.45) is 1.61. The molecule has 0 aromatic heterocycles. The molecular formula is C17H21NO2. The van der Waals surface area contributed by atoms with E-state index in [0.29, 0.717) is 0 Å². The van der Waals surface area contributed by atoms with Crippen LogP contribution in [0.4, 0.5) is 0 Å². The summed E-state index contributed by atoms with van der Waals surface area (Å²) in [5.41, 5.74) is 8.59. The monoisotopic (exact) mass is 271 g/mol. The third-order valence-corrected chi connectivity index (χ3v) is 3.31. The fourth-order valence-electron chi connectivity index (χ4n) is 2.33. The van der Waals surface area contributed by atoms with E-state index in [1.54, 1.807) is 14.2 Å². The van der Waals surface area contributed by atoms with Gasteiger partial charge in [-0.05, 0) is 42.2 Å². The molecular weight excluding hydrogens is 250 g/mol. The van der Waals surface area contributed by atoms with Gasteiger partial charge in [-0.3, -0.25) is 0 Å². The summed E-state index contributed by atoms with van der Waals surface area (Å²) in [4.78, 5) is 0. The van der Waals surface area contributed by atoms with Crippen molar-refractivity contribution in [3.8, 4) is 11.5 Å². The van der Waals surface area contributed by atoms with Gasteiger partial charge in [-0.25, -0.2) is 0 Å². The summed E-state index contributed by atoms with van der Waals surface area (Å²) in [5, 5.41) is 0. The molecule has 0 aliphatic heterocycles. The minimum atomic E-state index is 0.0541. The predicted molar refractivity (Wildman–Crippen MR) is 81.4 cm³/mol. The fraction of sp³-hybridized carbons (Fsp3) is 0.294. The van der Waals surface area contributed by atoms with E-state index in [0.717, 1.165) is 29.9 Å². The van der Waals surface area contributed by atoms with Crippen LogP contribution < -0.4 is 15.2 Å². The molecule has 0 radical (unpaired) electrons. The number of rotatable bonds is 6. The van der Waals surface area contributed by atoms with Crippen molar-refractivity contribution in [3.63, 3.8) is 0 Å². The molecule has 0 fully saturated rings. The Balaban J connectivity index is 2.03. The third-order valence-electron chi connectivity index (χ3n) is 3.31. The smallest absolute Gasteiger partial charge is 0.122 e. The minimum Gasteiger partial charge on any atom is -0.497 e. The number of para-hydroxylation sites is 1. The standard InChI is InChI=1S/C17H21NO2/c1-19-16-8-5-6-13(11-16)10-15(18)12-14-7-3-4-9-17(14)20-2/h3-9,11,15H,10,12,18H2,1-2H3. The molecule has 0 bridgehead atoms. The molecule has 2 N–H and O–H groups in total. The third kappa shape index (κ3) is 3.75. The molecule has 0 saturated carbocycles. The highest BCUT2D eigenvalue weighted by molar-refractivity contribution is 5.34. The Morgan fingerprint density at radius 3 is 2.50 bits per heavy atom. The lowest BCUT2D eigenvalue weighted by atomic mass is 9.99. The van der Waals surface area contributed by atoms with Crippen LogP contribution >= 0.6 is 0 Å². The molecule has 1 unspecified atom stereocenters. The highest BCUT2D eigenvalue weighted by Gasteiger charge is 2.09. The molecule has 106 valence electrons. The van der Waals surface area contributed by atoms with Gasteiger partial charge < -0.3 is 15.2 Å². The van der Waals surface area contributed by atoms with Crippen LogP contribution in [0.3, 0.4) is 0 Å². The maximum atomic E-state index is 6.26. The van der Waals surface area contributed by atoms with E-state index in [-0.39, 0.29) is 6.04 Å². The molecule has 0 heterocycles. The van der Waals surface area contributed by atoms with Crippen LogP contribution in [0.5, 0.6) is 11.5 Å². The number of methoxy groups -OCH3 is 2. The van der Waals surface area contributed by atoms with Gasteiger partial charge in [0.1, 0.15) is 11.5 Å². The highest BCUT2D eigenvalue weighted by Crippen LogP contribution is 2.20. The minimum absolute atomic E-state index is 0.0541. The Kier molecular flexibility index (Phi) is 5.02. The molecule has 0 saturated heterocycles. The number of benzene rings is 2. The van der Waals surface area contributed by atoms with Crippen LogP contribution in [0, 0.1) is 0 Å². The quantitative estimate of drug-likeness (QED) is 0.878. The Bertz CT molecular complexity index is 554. The molecule has 0 spiro atoms. The number of hydrogen-bond acceptors (Lipinski definition) is 3. The van der Waals surface area contributed by atoms with Crippen molar-refractivity contribution in [1.29, 1.82) is 0 Å². The molecule has 1 atom stereocenters. The molecule has 0 aliphatic rings. The van der Waals surface area contributed by atoms with E-state index in [1.165, 1.54) is 5.56 Å². The maximum Gasteiger partial charge on any atom is 0.122 e. The maximum absolute atomic E-state index is 6.26. The number of nitrogens with two attached hydrogens (primary N) is 1. The summed E-state index contributed by atoms with van der Waals surface area (Å²) in [6, 6.07) is 16.1. The van der Waals surface area contributed by atoms with E-state index < -0.39 is 0 Å². The molecule has 0 aliphatic carbocycles. The summed E-state index contributed by atoms with van der Waals surface area (Å²) < 4.78 is 10.6. The van der Waals surface area contributed by atoms with E-state index in [9.17, 15) is 0 Å². The van der Waals surface area contributed by atoms with E-state index >= 15 is 0 Å². The summed E-state index contributed by atoms with van der Waals surface area (Å²) in [7, 11) is 3.36. The van der Waals surface area contributed by atoms with E-state index in [2.05, 4.69) is 12.1 Å². The Morgan fingerprint density at radius 2 is 1.75 bits per heavy atom. The Labute approximate surface area is 120 Å². The Hall–Kier alpha value is -2.00. The van der Waals surface area contributed by atoms with E-state index in [4.69, 9.17) is 15.2 Å². The Morgan fingerprint density at radius 1 is 0.950 bits per heavy atom. The zero-order valence-electron chi connectivity index (χ0n) is 12.0. The topological polar surface area (TPSA) is 44.5 Å². The van der Waals surface area contributed by atoms with Gasteiger partial charge >= 0.3 is 0 Å². The van der Waals surface area contributed by atoms with Crippen molar-refractivity contribution in [2.45, 2.75) is 18.9 Å². The fourth-order valence-corrected chi connectivity index (χ4v) is 2.33. The molecule has 0 amide bonds. The van der Waals surface area contributed by atoms with Gasteiger partial charge in [0, 0.05) is 6.04 Å². The average molecular weight is 271 g/mol. The second kappa shape index (κ2) is 6.96. The molecule has 2 aromatic rings. The van der Waals surface area contributed by atoms with Gasteiger partial charge in [-0.15, -0.1) is 0 Å². The van der Waals surface area contributed by atoms with Crippen LogP contribution in [0.15, 0.2) is 48.5 Å². The lowest BCUT2D eigenvalue weighted by Gasteiger charge is -2.14. The highest BCUT2D eigenvalue weighted by atomic mass is 16.5. The molecule has 2 aromatic carbocycles. The zero-order chi connectivity index (χ0) is 14.4. The van der Waals surface area contributed by atoms with E-state index in [1.807, 2.05) is 36.4 Å². The van der Waals surface area contributed by atoms with Crippen molar-refractivity contribution in [2.24, 2.45) is 5.73 Å². The largest absolute Gasteiger partial charge is 0.497 e. The molecule has 20 heavy (non-hydrogen) atoms. The van der Waals surface area contributed by atoms with Crippen LogP contribution in [0.1, 0.15) is 11.1 Å². The van der Waals surface area contributed by atoms with Gasteiger partial charge in [-0.2, -0.15) is 0 Å². The molecule has 3 nitrogen and oxygen atoms in total. The SMILES string of the molecule is COc1cccc(CC(N)Cc2ccccc2OC)c1. The first kappa shape index (κ1) is 14.4. The summed E-state index contributed by atoms with van der Waals surface area (Å²) >= 11 is 0. The second-order valence-corrected chi connectivity index (χ2v) is 4.83. The normalized spacial score (nSPS) is 11.9. The first-order chi connectivity index (χ1) is 9.72. The molecule has 2 rings (SSSR count). The van der Waals surface area contributed by atoms with Gasteiger partial charge in [0.25, 0.3) is 0 Å². The second-order valence-electron chi connectivity index (χ2n) is 4.83. The zero-order valence-corrected chi connectivity index (χ0v) is 12.0. The van der Waals surface area contributed by atoms with Crippen LogP contribution in [0.2, 0.25) is 0 Å². The first-order valence-electron chi connectivity index (χ1n) is 6.73. The van der Waals surface area contributed by atoms with Crippen LogP contribution in [-0.4, -0.2) is 20.3 Å². The van der Waals surface area contributed by atoms with Crippen molar-refractivity contribution in [3.05, 3.63) is 59.7 Å². The summed E-state index contributed by atoms with van der Waals surface area (Å²) in [6.45, 7) is 0. The lowest BCUT2D eigenvalue weighted by Crippen LogP contribution is -2.25. The number of ether oxygens (including phenoxy) is 2. The van der Waals surface area contributed by atoms with Gasteiger partial charge in [0.2, 0.25) is 0 Å².